The maximum Gasteiger partial charge on any atom is 0.275 e. The highest BCUT2D eigenvalue weighted by Crippen LogP contribution is 2.30. The molecule has 0 unspecified atom stereocenters. The summed E-state index contributed by atoms with van der Waals surface area (Å²) in [5, 5.41) is 2.70. The number of halogens is 1. The third-order valence-electron chi connectivity index (χ3n) is 4.67. The zero-order valence-electron chi connectivity index (χ0n) is 17.2. The molecule has 0 aliphatic rings. The number of amides is 1. The van der Waals surface area contributed by atoms with Gasteiger partial charge < -0.3 is 14.5 Å². The number of hydrogen-bond acceptors (Lipinski definition) is 5. The average Bonchev–Trinajstić information content (AvgIpc) is 3.17. The smallest absolute Gasteiger partial charge is 0.275 e. The Kier molecular flexibility index (Phi) is 5.54. The molecule has 0 aliphatic carbocycles. The number of rotatable bonds is 6. The van der Waals surface area contributed by atoms with E-state index in [-0.39, 0.29) is 22.0 Å². The van der Waals surface area contributed by atoms with E-state index in [1.807, 2.05) is 25.3 Å². The molecular weight excluding hydrogens is 435 g/mol. The van der Waals surface area contributed by atoms with E-state index in [1.165, 1.54) is 19.2 Å². The zero-order valence-corrected chi connectivity index (χ0v) is 18.0. The highest BCUT2D eigenvalue weighted by atomic mass is 32.2. The summed E-state index contributed by atoms with van der Waals surface area (Å²) in [6, 6.07) is 12.7. The van der Waals surface area contributed by atoms with Crippen LogP contribution in [0.1, 0.15) is 16.1 Å². The van der Waals surface area contributed by atoms with E-state index in [0.29, 0.717) is 11.3 Å². The number of ether oxygens (including phenoxy) is 1. The van der Waals surface area contributed by atoms with Crippen LogP contribution in [-0.2, 0) is 10.0 Å². The van der Waals surface area contributed by atoms with Crippen molar-refractivity contribution in [2.45, 2.75) is 11.8 Å². The van der Waals surface area contributed by atoms with Gasteiger partial charge in [-0.3, -0.25) is 9.52 Å². The van der Waals surface area contributed by atoms with E-state index in [4.69, 9.17) is 4.74 Å². The largest absolute Gasteiger partial charge is 0.495 e. The number of methoxy groups -OCH3 is 1. The van der Waals surface area contributed by atoms with E-state index in [2.05, 4.69) is 15.0 Å². The summed E-state index contributed by atoms with van der Waals surface area (Å²) in [4.78, 5) is 16.9. The molecule has 164 valence electrons. The van der Waals surface area contributed by atoms with Crippen LogP contribution in [0.15, 0.2) is 71.9 Å². The number of hydrogen-bond donors (Lipinski definition) is 2. The van der Waals surface area contributed by atoms with Crippen molar-refractivity contribution < 1.29 is 22.3 Å². The highest BCUT2D eigenvalue weighted by Gasteiger charge is 2.18. The van der Waals surface area contributed by atoms with Gasteiger partial charge in [-0.25, -0.2) is 17.8 Å². The van der Waals surface area contributed by atoms with Gasteiger partial charge in [0.15, 0.2) is 0 Å². The van der Waals surface area contributed by atoms with Crippen LogP contribution in [0, 0.1) is 12.7 Å². The Labute approximate surface area is 183 Å². The van der Waals surface area contributed by atoms with Gasteiger partial charge in [-0.2, -0.15) is 0 Å². The number of pyridine rings is 1. The summed E-state index contributed by atoms with van der Waals surface area (Å²) < 4.78 is 47.9. The van der Waals surface area contributed by atoms with E-state index in [0.717, 1.165) is 29.8 Å². The lowest BCUT2D eigenvalue weighted by molar-refractivity contribution is 0.102. The number of carbonyl (C=O) groups is 1. The molecule has 2 heterocycles. The standard InChI is InChI=1S/C22H19FN4O4S/c1-14-9-10-27-13-19(25-21(27)11-14)22(28)24-16-5-8-20(31-2)18(12-16)26-32(29,30)17-6-3-15(23)4-7-17/h3-13,26H,1-2H3,(H,24,28). The lowest BCUT2D eigenvalue weighted by Gasteiger charge is -2.14. The lowest BCUT2D eigenvalue weighted by Crippen LogP contribution is -2.15. The number of aromatic nitrogens is 2. The van der Waals surface area contributed by atoms with E-state index >= 15 is 0 Å². The summed E-state index contributed by atoms with van der Waals surface area (Å²) in [5.41, 5.74) is 2.31. The second kappa shape index (κ2) is 8.31. The molecule has 4 aromatic rings. The monoisotopic (exact) mass is 454 g/mol. The fraction of sp³-hybridized carbons (Fsp3) is 0.0909. The molecule has 32 heavy (non-hydrogen) atoms. The Morgan fingerprint density at radius 1 is 1.09 bits per heavy atom. The van der Waals surface area contributed by atoms with Gasteiger partial charge >= 0.3 is 0 Å². The second-order valence-electron chi connectivity index (χ2n) is 7.02. The summed E-state index contributed by atoms with van der Waals surface area (Å²) in [5.74, 6) is -0.755. The quantitative estimate of drug-likeness (QED) is 0.461. The predicted octanol–water partition coefficient (Wildman–Crippen LogP) is 3.84. The number of benzene rings is 2. The summed E-state index contributed by atoms with van der Waals surface area (Å²) in [7, 11) is -2.62. The molecule has 0 atom stereocenters. The minimum absolute atomic E-state index is 0.111. The summed E-state index contributed by atoms with van der Waals surface area (Å²) in [6.07, 6.45) is 3.41. The van der Waals surface area contributed by atoms with Crippen LogP contribution >= 0.6 is 0 Å². The molecule has 2 aromatic heterocycles. The Morgan fingerprint density at radius 2 is 1.84 bits per heavy atom. The Morgan fingerprint density at radius 3 is 2.56 bits per heavy atom. The molecule has 0 fully saturated rings. The van der Waals surface area contributed by atoms with Crippen LogP contribution in [-0.4, -0.2) is 30.8 Å². The first-order valence-electron chi connectivity index (χ1n) is 9.48. The third kappa shape index (κ3) is 4.40. The number of sulfonamides is 1. The molecule has 2 aromatic carbocycles. The maximum atomic E-state index is 13.1. The molecule has 10 heteroatoms. The average molecular weight is 454 g/mol. The number of imidazole rings is 1. The van der Waals surface area contributed by atoms with Crippen molar-refractivity contribution in [3.05, 3.63) is 84.1 Å². The second-order valence-corrected chi connectivity index (χ2v) is 8.71. The fourth-order valence-electron chi connectivity index (χ4n) is 3.07. The molecule has 2 N–H and O–H groups in total. The van der Waals surface area contributed by atoms with Crippen molar-refractivity contribution in [2.75, 3.05) is 17.1 Å². The first-order valence-corrected chi connectivity index (χ1v) is 11.0. The van der Waals surface area contributed by atoms with E-state index in [9.17, 15) is 17.6 Å². The van der Waals surface area contributed by atoms with Crippen LogP contribution in [0.4, 0.5) is 15.8 Å². The highest BCUT2D eigenvalue weighted by molar-refractivity contribution is 7.92. The molecule has 0 bridgehead atoms. The van der Waals surface area contributed by atoms with E-state index in [1.54, 1.807) is 16.7 Å². The van der Waals surface area contributed by atoms with E-state index < -0.39 is 21.7 Å². The Bertz CT molecular complexity index is 1420. The van der Waals surface area contributed by atoms with Crippen LogP contribution in [0.5, 0.6) is 5.75 Å². The van der Waals surface area contributed by atoms with Crippen LogP contribution < -0.4 is 14.8 Å². The van der Waals surface area contributed by atoms with Crippen molar-refractivity contribution in [1.29, 1.82) is 0 Å². The van der Waals surface area contributed by atoms with Gasteiger partial charge in [-0.15, -0.1) is 0 Å². The van der Waals surface area contributed by atoms with Crippen molar-refractivity contribution in [3.8, 4) is 5.75 Å². The number of fused-ring (bicyclic) bond motifs is 1. The van der Waals surface area contributed by atoms with Gasteiger partial charge in [0.05, 0.1) is 17.7 Å². The topological polar surface area (TPSA) is 102 Å². The number of nitrogens with zero attached hydrogens (tertiary/aromatic N) is 2. The molecular formula is C22H19FN4O4S. The lowest BCUT2D eigenvalue weighted by atomic mass is 10.2. The third-order valence-corrected chi connectivity index (χ3v) is 6.06. The minimum atomic E-state index is -4.01. The molecule has 4 rings (SSSR count). The van der Waals surface area contributed by atoms with Gasteiger partial charge in [-0.1, -0.05) is 0 Å². The van der Waals surface area contributed by atoms with Gasteiger partial charge in [0.25, 0.3) is 15.9 Å². The van der Waals surface area contributed by atoms with Crippen molar-refractivity contribution in [1.82, 2.24) is 9.38 Å². The number of anilines is 2. The van der Waals surface area contributed by atoms with Crippen molar-refractivity contribution in [3.63, 3.8) is 0 Å². The minimum Gasteiger partial charge on any atom is -0.495 e. The summed E-state index contributed by atoms with van der Waals surface area (Å²) >= 11 is 0. The van der Waals surface area contributed by atoms with Gasteiger partial charge in [-0.05, 0) is 67.1 Å². The normalized spacial score (nSPS) is 11.3. The first-order chi connectivity index (χ1) is 15.2. The SMILES string of the molecule is COc1ccc(NC(=O)c2cn3ccc(C)cc3n2)cc1NS(=O)(=O)c1ccc(F)cc1. The molecule has 0 aliphatic heterocycles. The molecule has 1 amide bonds. The molecule has 0 saturated carbocycles. The number of aryl methyl sites for hydroxylation is 1. The molecule has 8 nitrogen and oxygen atoms in total. The van der Waals surface area contributed by atoms with Crippen molar-refractivity contribution >= 4 is 33.0 Å². The maximum absolute atomic E-state index is 13.1. The number of nitrogens with one attached hydrogen (secondary N) is 2. The Balaban J connectivity index is 1.59. The van der Waals surface area contributed by atoms with Crippen LogP contribution in [0.25, 0.3) is 5.65 Å². The molecule has 0 spiro atoms. The fourth-order valence-corrected chi connectivity index (χ4v) is 4.13. The van der Waals surface area contributed by atoms with Gasteiger partial charge in [0.2, 0.25) is 0 Å². The molecule has 0 radical (unpaired) electrons. The zero-order chi connectivity index (χ0) is 22.9. The van der Waals surface area contributed by atoms with Gasteiger partial charge in [0.1, 0.15) is 22.9 Å². The Hall–Kier alpha value is -3.92. The van der Waals surface area contributed by atoms with Crippen LogP contribution in [0.2, 0.25) is 0 Å². The number of carbonyl (C=O) groups excluding carboxylic acids is 1. The molecule has 0 saturated heterocycles. The van der Waals surface area contributed by atoms with Crippen molar-refractivity contribution in [2.24, 2.45) is 0 Å². The first kappa shape index (κ1) is 21.3. The van der Waals surface area contributed by atoms with Gasteiger partial charge in [0, 0.05) is 18.1 Å². The summed E-state index contributed by atoms with van der Waals surface area (Å²) in [6.45, 7) is 1.93. The predicted molar refractivity (Wildman–Crippen MR) is 118 cm³/mol. The van der Waals surface area contributed by atoms with Crippen LogP contribution in [0.3, 0.4) is 0 Å².